The van der Waals surface area contributed by atoms with E-state index in [1.807, 2.05) is 26.0 Å². The van der Waals surface area contributed by atoms with Gasteiger partial charge in [0.25, 0.3) is 5.91 Å². The molecule has 0 bridgehead atoms. The Bertz CT molecular complexity index is 755. The summed E-state index contributed by atoms with van der Waals surface area (Å²) in [5.41, 5.74) is 2.45. The van der Waals surface area contributed by atoms with Crippen LogP contribution in [0.5, 0.6) is 5.75 Å². The fraction of sp³-hybridized carbons (Fsp3) is 0.500. The second kappa shape index (κ2) is 7.23. The number of aryl methyl sites for hydroxylation is 3. The quantitative estimate of drug-likeness (QED) is 0.889. The summed E-state index contributed by atoms with van der Waals surface area (Å²) < 4.78 is 6.99. The molecule has 0 saturated carbocycles. The van der Waals surface area contributed by atoms with Gasteiger partial charge >= 0.3 is 0 Å². The Morgan fingerprint density at radius 2 is 1.92 bits per heavy atom. The molecule has 3 rings (SSSR count). The average Bonchev–Trinajstić information content (AvgIpc) is 2.96. The van der Waals surface area contributed by atoms with Gasteiger partial charge in [0.05, 0.1) is 7.11 Å². The molecular formula is C18H25N5O2. The van der Waals surface area contributed by atoms with Crippen molar-refractivity contribution < 1.29 is 9.53 Å². The number of rotatable bonds is 4. The van der Waals surface area contributed by atoms with Gasteiger partial charge in [-0.25, -0.2) is 4.68 Å². The van der Waals surface area contributed by atoms with Crippen molar-refractivity contribution in [1.29, 1.82) is 0 Å². The first-order chi connectivity index (χ1) is 12.0. The van der Waals surface area contributed by atoms with Gasteiger partial charge in [-0.1, -0.05) is 0 Å². The van der Waals surface area contributed by atoms with Gasteiger partial charge < -0.3 is 10.1 Å². The second-order valence-electron chi connectivity index (χ2n) is 6.54. The number of carbonyl (C=O) groups excluding carboxylic acids is 1. The Morgan fingerprint density at radius 1 is 1.28 bits per heavy atom. The van der Waals surface area contributed by atoms with Crippen molar-refractivity contribution in [3.63, 3.8) is 0 Å². The molecule has 1 fully saturated rings. The zero-order chi connectivity index (χ0) is 18.0. The van der Waals surface area contributed by atoms with Gasteiger partial charge in [0.1, 0.15) is 5.75 Å². The van der Waals surface area contributed by atoms with Crippen LogP contribution in [0.25, 0.3) is 0 Å². The minimum Gasteiger partial charge on any atom is -0.496 e. The number of amides is 1. The molecule has 1 aromatic carbocycles. The molecule has 2 heterocycles. The highest BCUT2D eigenvalue weighted by Crippen LogP contribution is 2.26. The molecule has 0 atom stereocenters. The highest BCUT2D eigenvalue weighted by Gasteiger charge is 2.21. The number of carbonyl (C=O) groups is 1. The molecule has 2 aromatic rings. The molecule has 0 spiro atoms. The molecule has 2 N–H and O–H groups in total. The van der Waals surface area contributed by atoms with Gasteiger partial charge in [-0.2, -0.15) is 10.1 Å². The number of piperidine rings is 1. The highest BCUT2D eigenvalue weighted by molar-refractivity contribution is 6.03. The van der Waals surface area contributed by atoms with E-state index >= 15 is 0 Å². The Hall–Kier alpha value is -2.41. The Kier molecular flexibility index (Phi) is 5.03. The van der Waals surface area contributed by atoms with Gasteiger partial charge in [-0.3, -0.25) is 10.1 Å². The van der Waals surface area contributed by atoms with E-state index < -0.39 is 0 Å². The predicted molar refractivity (Wildman–Crippen MR) is 96.3 cm³/mol. The minimum absolute atomic E-state index is 0.193. The zero-order valence-corrected chi connectivity index (χ0v) is 15.2. The van der Waals surface area contributed by atoms with E-state index in [1.54, 1.807) is 18.8 Å². The lowest BCUT2D eigenvalue weighted by Crippen LogP contribution is -2.27. The molecule has 0 aliphatic carbocycles. The Balaban J connectivity index is 1.78. The van der Waals surface area contributed by atoms with Crippen LogP contribution < -0.4 is 15.4 Å². The van der Waals surface area contributed by atoms with Crippen molar-refractivity contribution in [3.05, 3.63) is 34.6 Å². The number of hydrogen-bond acceptors (Lipinski definition) is 5. The molecule has 7 heteroatoms. The van der Waals surface area contributed by atoms with E-state index in [4.69, 9.17) is 4.74 Å². The molecule has 0 radical (unpaired) electrons. The van der Waals surface area contributed by atoms with Crippen LogP contribution in [0.2, 0.25) is 0 Å². The molecule has 1 saturated heterocycles. The lowest BCUT2D eigenvalue weighted by molar-refractivity contribution is 0.102. The summed E-state index contributed by atoms with van der Waals surface area (Å²) in [4.78, 5) is 17.2. The van der Waals surface area contributed by atoms with Gasteiger partial charge in [0, 0.05) is 18.5 Å². The number of nitrogens with zero attached hydrogens (tertiary/aromatic N) is 3. The molecule has 134 valence electrons. The number of benzene rings is 1. The average molecular weight is 343 g/mol. The summed E-state index contributed by atoms with van der Waals surface area (Å²) in [7, 11) is 3.44. The number of anilines is 1. The third-order valence-electron chi connectivity index (χ3n) is 4.64. The lowest BCUT2D eigenvalue weighted by atomic mass is 9.98. The first-order valence-electron chi connectivity index (χ1n) is 8.58. The van der Waals surface area contributed by atoms with E-state index in [0.717, 1.165) is 48.6 Å². The van der Waals surface area contributed by atoms with E-state index in [0.29, 0.717) is 17.4 Å². The maximum Gasteiger partial charge on any atom is 0.258 e. The standard InChI is InChI=1S/C18H25N5O2/c1-11-9-14(10-12(2)15(11)25-4)17(24)21-18-20-16(22-23(18)3)13-5-7-19-8-6-13/h9-10,13,19H,5-8H2,1-4H3,(H,20,21,22,24). The van der Waals surface area contributed by atoms with Gasteiger partial charge in [-0.05, 0) is 63.0 Å². The molecule has 1 aliphatic rings. The van der Waals surface area contributed by atoms with Crippen LogP contribution in [0, 0.1) is 13.8 Å². The number of aromatic nitrogens is 3. The van der Waals surface area contributed by atoms with Crippen LogP contribution in [0.4, 0.5) is 5.95 Å². The smallest absolute Gasteiger partial charge is 0.258 e. The van der Waals surface area contributed by atoms with E-state index in [2.05, 4.69) is 20.7 Å². The van der Waals surface area contributed by atoms with Crippen molar-refractivity contribution in [1.82, 2.24) is 20.1 Å². The fourth-order valence-electron chi connectivity index (χ4n) is 3.34. The van der Waals surface area contributed by atoms with Crippen LogP contribution in [-0.4, -0.2) is 40.9 Å². The topological polar surface area (TPSA) is 81.1 Å². The molecule has 1 amide bonds. The summed E-state index contributed by atoms with van der Waals surface area (Å²) >= 11 is 0. The van der Waals surface area contributed by atoms with E-state index in [-0.39, 0.29) is 5.91 Å². The van der Waals surface area contributed by atoms with Crippen molar-refractivity contribution in [2.24, 2.45) is 7.05 Å². The van der Waals surface area contributed by atoms with Gasteiger partial charge in [0.2, 0.25) is 5.95 Å². The summed E-state index contributed by atoms with van der Waals surface area (Å²) in [5, 5.41) is 10.7. The van der Waals surface area contributed by atoms with Crippen LogP contribution in [-0.2, 0) is 7.05 Å². The summed E-state index contributed by atoms with van der Waals surface area (Å²) in [6.07, 6.45) is 2.04. The van der Waals surface area contributed by atoms with Crippen LogP contribution in [0.1, 0.15) is 46.1 Å². The second-order valence-corrected chi connectivity index (χ2v) is 6.54. The number of methoxy groups -OCH3 is 1. The maximum absolute atomic E-state index is 12.6. The van der Waals surface area contributed by atoms with E-state index in [9.17, 15) is 4.79 Å². The lowest BCUT2D eigenvalue weighted by Gasteiger charge is -2.19. The summed E-state index contributed by atoms with van der Waals surface area (Å²) in [6, 6.07) is 3.65. The van der Waals surface area contributed by atoms with Gasteiger partial charge in [0.15, 0.2) is 5.82 Å². The maximum atomic E-state index is 12.6. The monoisotopic (exact) mass is 343 g/mol. The van der Waals surface area contributed by atoms with Crippen molar-refractivity contribution in [3.8, 4) is 5.75 Å². The molecule has 25 heavy (non-hydrogen) atoms. The Labute approximate surface area is 147 Å². The number of nitrogens with one attached hydrogen (secondary N) is 2. The molecule has 1 aliphatic heterocycles. The zero-order valence-electron chi connectivity index (χ0n) is 15.2. The minimum atomic E-state index is -0.193. The normalized spacial score (nSPS) is 15.2. The summed E-state index contributed by atoms with van der Waals surface area (Å²) in [5.74, 6) is 2.25. The number of ether oxygens (including phenoxy) is 1. The molecule has 0 unspecified atom stereocenters. The van der Waals surface area contributed by atoms with Crippen LogP contribution in [0.15, 0.2) is 12.1 Å². The van der Waals surface area contributed by atoms with Crippen molar-refractivity contribution in [2.45, 2.75) is 32.6 Å². The SMILES string of the molecule is COc1c(C)cc(C(=O)Nc2nc(C3CCNCC3)nn2C)cc1C. The Morgan fingerprint density at radius 3 is 2.52 bits per heavy atom. The van der Waals surface area contributed by atoms with Crippen LogP contribution in [0.3, 0.4) is 0 Å². The largest absolute Gasteiger partial charge is 0.496 e. The first kappa shape index (κ1) is 17.4. The molecule has 1 aromatic heterocycles. The third kappa shape index (κ3) is 3.66. The summed E-state index contributed by atoms with van der Waals surface area (Å²) in [6.45, 7) is 5.82. The molecule has 7 nitrogen and oxygen atoms in total. The van der Waals surface area contributed by atoms with Crippen molar-refractivity contribution in [2.75, 3.05) is 25.5 Å². The predicted octanol–water partition coefficient (Wildman–Crippen LogP) is 2.16. The highest BCUT2D eigenvalue weighted by atomic mass is 16.5. The third-order valence-corrected chi connectivity index (χ3v) is 4.64. The van der Waals surface area contributed by atoms with Gasteiger partial charge in [-0.15, -0.1) is 0 Å². The fourth-order valence-corrected chi connectivity index (χ4v) is 3.34. The van der Waals surface area contributed by atoms with Crippen molar-refractivity contribution >= 4 is 11.9 Å². The van der Waals surface area contributed by atoms with Crippen LogP contribution >= 0.6 is 0 Å². The number of hydrogen-bond donors (Lipinski definition) is 2. The van der Waals surface area contributed by atoms with E-state index in [1.165, 1.54) is 0 Å². The first-order valence-corrected chi connectivity index (χ1v) is 8.58. The molecular weight excluding hydrogens is 318 g/mol.